The van der Waals surface area contributed by atoms with Crippen LogP contribution in [-0.2, 0) is 19.0 Å². The summed E-state index contributed by atoms with van der Waals surface area (Å²) >= 11 is 0. The number of hydrogen-bond acceptors (Lipinski definition) is 11. The number of rotatable bonds is 10. The summed E-state index contributed by atoms with van der Waals surface area (Å²) in [6.07, 6.45) is 2.64. The number of esters is 1. The number of nitriles is 1. The third-order valence-electron chi connectivity index (χ3n) is 5.97. The molecule has 37 heavy (non-hydrogen) atoms. The molecule has 196 valence electrons. The summed E-state index contributed by atoms with van der Waals surface area (Å²) in [4.78, 5) is 27.5. The van der Waals surface area contributed by atoms with Crippen molar-refractivity contribution in [2.24, 2.45) is 0 Å². The number of carbonyl (C=O) groups is 1. The van der Waals surface area contributed by atoms with Crippen LogP contribution in [0.4, 0.5) is 5.82 Å². The Hall–Kier alpha value is -3.63. The Bertz CT molecular complexity index is 1250. The molecule has 0 spiro atoms. The molecule has 3 aromatic heterocycles. The van der Waals surface area contributed by atoms with Crippen LogP contribution >= 0.6 is 0 Å². The highest BCUT2D eigenvalue weighted by Gasteiger charge is 2.27. The molecule has 0 saturated carbocycles. The fourth-order valence-electron chi connectivity index (χ4n) is 4.04. The van der Waals surface area contributed by atoms with Crippen molar-refractivity contribution in [1.82, 2.24) is 24.4 Å². The minimum atomic E-state index is -1.09. The van der Waals surface area contributed by atoms with Gasteiger partial charge in [0.2, 0.25) is 6.23 Å². The highest BCUT2D eigenvalue weighted by molar-refractivity contribution is 5.77. The van der Waals surface area contributed by atoms with E-state index in [4.69, 9.17) is 24.5 Å². The van der Waals surface area contributed by atoms with Gasteiger partial charge in [-0.25, -0.2) is 19.7 Å². The lowest BCUT2D eigenvalue weighted by Gasteiger charge is -2.27. The molecule has 4 rings (SSSR count). The Labute approximate surface area is 214 Å². The number of nitrogens with zero attached hydrogens (tertiary/aromatic N) is 6. The van der Waals surface area contributed by atoms with Crippen LogP contribution in [0.3, 0.4) is 0 Å². The first-order valence-electron chi connectivity index (χ1n) is 12.1. The molecule has 3 aromatic rings. The molecule has 0 bridgehead atoms. The first-order valence-corrected chi connectivity index (χ1v) is 12.1. The molecular formula is C25H31N7O5. The van der Waals surface area contributed by atoms with Crippen molar-refractivity contribution < 1.29 is 24.1 Å². The van der Waals surface area contributed by atoms with Gasteiger partial charge in [0.05, 0.1) is 18.8 Å². The summed E-state index contributed by atoms with van der Waals surface area (Å²) in [5, 5.41) is 23.7. The Balaban J connectivity index is 1.65. The number of anilines is 1. The van der Waals surface area contributed by atoms with Gasteiger partial charge in [-0.3, -0.25) is 9.47 Å². The molecule has 1 aliphatic heterocycles. The lowest BCUT2D eigenvalue weighted by Crippen LogP contribution is -2.40. The standard InChI is InChI=1S/C25H31N7O5/c1-4-36-25(34)24(31(2)3)37-14-20(33)18-11-19-23(30-22(18)29-17-7-9-35-10-8-17)32(15-28-19)21-6-5-16(12-26)13-27-21/h5-6,11,13,15,17,20,24,33H,4,7-10,14H2,1-3H3,(H,29,30). The van der Waals surface area contributed by atoms with E-state index in [1.807, 2.05) is 0 Å². The number of fused-ring (bicyclic) bond motifs is 1. The summed E-state index contributed by atoms with van der Waals surface area (Å²) in [6.45, 7) is 3.07. The number of nitrogens with one attached hydrogen (secondary N) is 1. The van der Waals surface area contributed by atoms with Crippen LogP contribution < -0.4 is 5.32 Å². The lowest BCUT2D eigenvalue weighted by atomic mass is 10.1. The van der Waals surface area contributed by atoms with Crippen LogP contribution in [-0.4, -0.2) is 88.3 Å². The average molecular weight is 510 g/mol. The molecule has 0 amide bonds. The van der Waals surface area contributed by atoms with Crippen LogP contribution in [0.25, 0.3) is 17.0 Å². The Morgan fingerprint density at radius 1 is 1.35 bits per heavy atom. The molecule has 12 nitrogen and oxygen atoms in total. The lowest BCUT2D eigenvalue weighted by molar-refractivity contribution is -0.170. The minimum Gasteiger partial charge on any atom is -0.463 e. The minimum absolute atomic E-state index is 0.115. The van der Waals surface area contributed by atoms with Crippen molar-refractivity contribution in [1.29, 1.82) is 5.26 Å². The van der Waals surface area contributed by atoms with Crippen LogP contribution in [0.15, 0.2) is 30.7 Å². The van der Waals surface area contributed by atoms with Gasteiger partial charge in [-0.1, -0.05) is 0 Å². The van der Waals surface area contributed by atoms with Crippen molar-refractivity contribution in [3.8, 4) is 11.9 Å². The Morgan fingerprint density at radius 2 is 2.14 bits per heavy atom. The molecule has 0 aliphatic carbocycles. The van der Waals surface area contributed by atoms with Crippen LogP contribution in [0.1, 0.15) is 37.0 Å². The van der Waals surface area contributed by atoms with E-state index in [-0.39, 0.29) is 19.3 Å². The van der Waals surface area contributed by atoms with Crippen molar-refractivity contribution in [3.63, 3.8) is 0 Å². The molecule has 4 heterocycles. The monoisotopic (exact) mass is 509 g/mol. The van der Waals surface area contributed by atoms with Crippen molar-refractivity contribution in [3.05, 3.63) is 41.9 Å². The third-order valence-corrected chi connectivity index (χ3v) is 5.97. The summed E-state index contributed by atoms with van der Waals surface area (Å²) in [5.41, 5.74) is 2.04. The van der Waals surface area contributed by atoms with Gasteiger partial charge in [0.1, 0.15) is 35.7 Å². The maximum absolute atomic E-state index is 12.3. The number of imidazole rings is 1. The van der Waals surface area contributed by atoms with E-state index in [1.54, 1.807) is 55.0 Å². The van der Waals surface area contributed by atoms with Crippen LogP contribution in [0, 0.1) is 11.3 Å². The Morgan fingerprint density at radius 3 is 2.78 bits per heavy atom. The highest BCUT2D eigenvalue weighted by Crippen LogP contribution is 2.29. The van der Waals surface area contributed by atoms with Gasteiger partial charge in [-0.05, 0) is 52.1 Å². The molecule has 2 atom stereocenters. The SMILES string of the molecule is CCOC(=O)C(OCC(O)c1cc2ncn(-c3ccc(C#N)cn3)c2nc1NC1CCOCC1)N(C)C. The van der Waals surface area contributed by atoms with E-state index in [0.29, 0.717) is 47.1 Å². The van der Waals surface area contributed by atoms with Crippen molar-refractivity contribution >= 4 is 23.0 Å². The van der Waals surface area contributed by atoms with E-state index in [2.05, 4.69) is 21.4 Å². The number of hydrogen-bond donors (Lipinski definition) is 2. The molecule has 2 unspecified atom stereocenters. The number of ether oxygens (including phenoxy) is 3. The van der Waals surface area contributed by atoms with Gasteiger partial charge in [-0.2, -0.15) is 5.26 Å². The zero-order valence-corrected chi connectivity index (χ0v) is 21.1. The number of likely N-dealkylation sites (N-methyl/N-ethyl adjacent to an activating group) is 1. The van der Waals surface area contributed by atoms with E-state index in [0.717, 1.165) is 12.8 Å². The molecule has 12 heteroatoms. The predicted molar refractivity (Wildman–Crippen MR) is 134 cm³/mol. The van der Waals surface area contributed by atoms with Crippen molar-refractivity contribution in [2.75, 3.05) is 45.8 Å². The van der Waals surface area contributed by atoms with Crippen LogP contribution in [0.5, 0.6) is 0 Å². The quantitative estimate of drug-likeness (QED) is 0.304. The zero-order chi connectivity index (χ0) is 26.4. The molecule has 0 radical (unpaired) electrons. The Kier molecular flexibility index (Phi) is 8.62. The smallest absolute Gasteiger partial charge is 0.350 e. The van der Waals surface area contributed by atoms with E-state index in [1.165, 1.54) is 6.20 Å². The molecule has 0 aromatic carbocycles. The van der Waals surface area contributed by atoms with Crippen LogP contribution in [0.2, 0.25) is 0 Å². The van der Waals surface area contributed by atoms with E-state index in [9.17, 15) is 9.90 Å². The van der Waals surface area contributed by atoms with Gasteiger partial charge in [-0.15, -0.1) is 0 Å². The molecule has 2 N–H and O–H groups in total. The average Bonchev–Trinajstić information content (AvgIpc) is 3.31. The molecule has 1 saturated heterocycles. The zero-order valence-electron chi connectivity index (χ0n) is 21.1. The number of aromatic nitrogens is 4. The number of pyridine rings is 2. The van der Waals surface area contributed by atoms with E-state index < -0.39 is 18.3 Å². The normalized spacial score (nSPS) is 15.9. The van der Waals surface area contributed by atoms with E-state index >= 15 is 0 Å². The summed E-state index contributed by atoms with van der Waals surface area (Å²) in [5.74, 6) is 0.525. The van der Waals surface area contributed by atoms with Gasteiger partial charge in [0, 0.05) is 31.0 Å². The molecule has 1 fully saturated rings. The maximum atomic E-state index is 12.3. The number of carbonyl (C=O) groups excluding carboxylic acids is 1. The largest absolute Gasteiger partial charge is 0.463 e. The number of aliphatic hydroxyl groups is 1. The fourth-order valence-corrected chi connectivity index (χ4v) is 4.04. The first kappa shape index (κ1) is 26.4. The summed E-state index contributed by atoms with van der Waals surface area (Å²) < 4.78 is 18.0. The number of aliphatic hydroxyl groups excluding tert-OH is 1. The van der Waals surface area contributed by atoms with Crippen molar-refractivity contribution in [2.45, 2.75) is 38.1 Å². The van der Waals surface area contributed by atoms with Gasteiger partial charge < -0.3 is 24.6 Å². The first-order chi connectivity index (χ1) is 17.9. The topological polar surface area (TPSA) is 148 Å². The second-order valence-corrected chi connectivity index (χ2v) is 8.85. The molecule has 1 aliphatic rings. The fraction of sp³-hybridized carbons (Fsp3) is 0.480. The molecular weight excluding hydrogens is 478 g/mol. The highest BCUT2D eigenvalue weighted by atomic mass is 16.6. The van der Waals surface area contributed by atoms with Gasteiger partial charge in [0.15, 0.2) is 5.65 Å². The second kappa shape index (κ2) is 12.1. The third kappa shape index (κ3) is 6.20. The maximum Gasteiger partial charge on any atom is 0.350 e. The van der Waals surface area contributed by atoms with Gasteiger partial charge in [0.25, 0.3) is 0 Å². The predicted octanol–water partition coefficient (Wildman–Crippen LogP) is 1.78. The second-order valence-electron chi connectivity index (χ2n) is 8.85. The van der Waals surface area contributed by atoms with Gasteiger partial charge >= 0.3 is 5.97 Å². The summed E-state index contributed by atoms with van der Waals surface area (Å²) in [6, 6.07) is 7.33. The summed E-state index contributed by atoms with van der Waals surface area (Å²) in [7, 11) is 3.40.